The summed E-state index contributed by atoms with van der Waals surface area (Å²) in [5.74, 6) is 0. The van der Waals surface area contributed by atoms with Gasteiger partial charge in [-0.1, -0.05) is 0 Å². The Bertz CT molecular complexity index is 229. The van der Waals surface area contributed by atoms with Gasteiger partial charge in [0.05, 0.1) is 0 Å². The van der Waals surface area contributed by atoms with Gasteiger partial charge in [0.25, 0.3) is 0 Å². The molecule has 0 aliphatic rings. The van der Waals surface area contributed by atoms with Gasteiger partial charge < -0.3 is 49.6 Å². The maximum Gasteiger partial charge on any atom is 4.00 e. The molecule has 0 heterocycles. The SMILES string of the molecule is CS(C)(=O)=O.CS(C)(=O)=O.[Cl-].[Cl-].[Cl-].[Cl-].[Zr+4]. The molecule has 0 aromatic heterocycles. The maximum absolute atomic E-state index is 9.63. The summed E-state index contributed by atoms with van der Waals surface area (Å²) < 4.78 is 38.5. The van der Waals surface area contributed by atoms with E-state index in [9.17, 15) is 16.8 Å². The average Bonchev–Trinajstić information content (AvgIpc) is 1.12. The molecular weight excluding hydrogens is 409 g/mol. The quantitative estimate of drug-likeness (QED) is 0.390. The molecule has 0 bridgehead atoms. The molecular formula is C4H12Cl4O4S2Zr. The van der Waals surface area contributed by atoms with Crippen LogP contribution in [-0.2, 0) is 45.9 Å². The van der Waals surface area contributed by atoms with Crippen molar-refractivity contribution in [3.63, 3.8) is 0 Å². The van der Waals surface area contributed by atoms with Crippen LogP contribution in [0.3, 0.4) is 0 Å². The number of halogens is 4. The van der Waals surface area contributed by atoms with Gasteiger partial charge >= 0.3 is 26.2 Å². The second kappa shape index (κ2) is 18.3. The minimum absolute atomic E-state index is 0. The van der Waals surface area contributed by atoms with E-state index < -0.39 is 19.7 Å². The Morgan fingerprint density at radius 1 is 0.533 bits per heavy atom. The van der Waals surface area contributed by atoms with Gasteiger partial charge in [0.2, 0.25) is 0 Å². The van der Waals surface area contributed by atoms with E-state index in [0.29, 0.717) is 0 Å². The molecule has 0 amide bonds. The molecule has 0 aromatic carbocycles. The van der Waals surface area contributed by atoms with Crippen molar-refractivity contribution in [1.82, 2.24) is 0 Å². The van der Waals surface area contributed by atoms with Crippen LogP contribution >= 0.6 is 0 Å². The molecule has 0 aliphatic carbocycles. The normalized spacial score (nSPS) is 7.73. The van der Waals surface area contributed by atoms with Crippen LogP contribution in [0.4, 0.5) is 0 Å². The van der Waals surface area contributed by atoms with Crippen molar-refractivity contribution in [2.75, 3.05) is 25.0 Å². The second-order valence-electron chi connectivity index (χ2n) is 2.29. The van der Waals surface area contributed by atoms with Crippen LogP contribution in [0.2, 0.25) is 0 Å². The van der Waals surface area contributed by atoms with Crippen LogP contribution in [-0.4, -0.2) is 41.9 Å². The molecule has 11 heteroatoms. The summed E-state index contributed by atoms with van der Waals surface area (Å²) in [7, 11) is -5.33. The van der Waals surface area contributed by atoms with Crippen molar-refractivity contribution in [2.24, 2.45) is 0 Å². The van der Waals surface area contributed by atoms with Crippen LogP contribution in [0, 0.1) is 0 Å². The van der Waals surface area contributed by atoms with E-state index in [0.717, 1.165) is 25.0 Å². The fourth-order valence-corrected chi connectivity index (χ4v) is 0. The third kappa shape index (κ3) is 821. The minimum atomic E-state index is -2.67. The van der Waals surface area contributed by atoms with Gasteiger partial charge in [-0.3, -0.25) is 0 Å². The maximum atomic E-state index is 9.63. The number of hydrogen-bond donors (Lipinski definition) is 0. The first-order valence-corrected chi connectivity index (χ1v) is 6.90. The Morgan fingerprint density at radius 3 is 0.533 bits per heavy atom. The van der Waals surface area contributed by atoms with Crippen molar-refractivity contribution in [3.05, 3.63) is 0 Å². The molecule has 4 nitrogen and oxygen atoms in total. The van der Waals surface area contributed by atoms with E-state index in [2.05, 4.69) is 0 Å². The third-order valence-electron chi connectivity index (χ3n) is 0. The third-order valence-corrected chi connectivity index (χ3v) is 0. The number of sulfone groups is 2. The van der Waals surface area contributed by atoms with Gasteiger partial charge in [0.15, 0.2) is 0 Å². The van der Waals surface area contributed by atoms with Gasteiger partial charge in [-0.05, 0) is 0 Å². The molecule has 0 aliphatic heterocycles. The number of rotatable bonds is 0. The molecule has 0 unspecified atom stereocenters. The molecule has 0 fully saturated rings. The predicted molar refractivity (Wildman–Crippen MR) is 41.5 cm³/mol. The van der Waals surface area contributed by atoms with E-state index in [1.165, 1.54) is 0 Å². The summed E-state index contributed by atoms with van der Waals surface area (Å²) in [5.41, 5.74) is 0. The first-order valence-electron chi connectivity index (χ1n) is 2.30. The molecule has 15 heavy (non-hydrogen) atoms. The Labute approximate surface area is 136 Å². The second-order valence-corrected chi connectivity index (χ2v) is 6.86. The Kier molecular flexibility index (Phi) is 53.2. The van der Waals surface area contributed by atoms with Gasteiger partial charge in [0.1, 0.15) is 19.7 Å². The Balaban J connectivity index is -0.0000000128. The molecule has 0 rings (SSSR count). The summed E-state index contributed by atoms with van der Waals surface area (Å²) in [6.07, 6.45) is 4.64. The smallest absolute Gasteiger partial charge is 1.00 e. The summed E-state index contributed by atoms with van der Waals surface area (Å²) in [4.78, 5) is 0. The molecule has 0 atom stereocenters. The molecule has 0 radical (unpaired) electrons. The van der Waals surface area contributed by atoms with Crippen LogP contribution < -0.4 is 49.6 Å². The van der Waals surface area contributed by atoms with Crippen molar-refractivity contribution in [1.29, 1.82) is 0 Å². The summed E-state index contributed by atoms with van der Waals surface area (Å²) >= 11 is 0. The van der Waals surface area contributed by atoms with E-state index in [1.807, 2.05) is 0 Å². The Morgan fingerprint density at radius 2 is 0.533 bits per heavy atom. The first kappa shape index (κ1) is 43.6. The van der Waals surface area contributed by atoms with E-state index in [4.69, 9.17) is 0 Å². The van der Waals surface area contributed by atoms with Crippen molar-refractivity contribution < 1.29 is 92.7 Å². The zero-order valence-corrected chi connectivity index (χ0v) is 15.6. The predicted octanol–water partition coefficient (Wildman–Crippen LogP) is -12.7. The van der Waals surface area contributed by atoms with Crippen LogP contribution in [0.5, 0.6) is 0 Å². The summed E-state index contributed by atoms with van der Waals surface area (Å²) in [5, 5.41) is 0. The first-order chi connectivity index (χ1) is 4.00. The largest absolute Gasteiger partial charge is 4.00 e. The molecule has 0 spiro atoms. The zero-order chi connectivity index (χ0) is 9.00. The average molecular weight is 421 g/mol. The minimum Gasteiger partial charge on any atom is -1.00 e. The van der Waals surface area contributed by atoms with Crippen molar-refractivity contribution in [3.8, 4) is 0 Å². The van der Waals surface area contributed by atoms with E-state index >= 15 is 0 Å². The molecule has 0 N–H and O–H groups in total. The molecule has 0 saturated heterocycles. The Hall–Kier alpha value is 1.94. The van der Waals surface area contributed by atoms with Gasteiger partial charge in [0, 0.05) is 25.0 Å². The zero-order valence-electron chi connectivity index (χ0n) is 8.46. The van der Waals surface area contributed by atoms with Crippen molar-refractivity contribution >= 4 is 19.7 Å². The van der Waals surface area contributed by atoms with Crippen LogP contribution in [0.25, 0.3) is 0 Å². The van der Waals surface area contributed by atoms with Crippen molar-refractivity contribution in [2.45, 2.75) is 0 Å². The van der Waals surface area contributed by atoms with E-state index in [-0.39, 0.29) is 75.8 Å². The van der Waals surface area contributed by atoms with Crippen LogP contribution in [0.1, 0.15) is 0 Å². The van der Waals surface area contributed by atoms with Gasteiger partial charge in [-0.15, -0.1) is 0 Å². The topological polar surface area (TPSA) is 68.3 Å². The fraction of sp³-hybridized carbons (Fsp3) is 1.00. The van der Waals surface area contributed by atoms with Gasteiger partial charge in [-0.2, -0.15) is 0 Å². The monoisotopic (exact) mass is 418 g/mol. The standard InChI is InChI=1S/2C2H6O2S.4ClH.Zr/c2*1-5(2,3)4;;;;;/h2*1-2H3;4*1H;/q;;;;;;+4/p-4. The van der Waals surface area contributed by atoms with Crippen LogP contribution in [0.15, 0.2) is 0 Å². The van der Waals surface area contributed by atoms with Gasteiger partial charge in [-0.25, -0.2) is 16.8 Å². The van der Waals surface area contributed by atoms with E-state index in [1.54, 1.807) is 0 Å². The summed E-state index contributed by atoms with van der Waals surface area (Å²) in [6, 6.07) is 0. The molecule has 96 valence electrons. The molecule has 0 aromatic rings. The number of hydrogen-bond acceptors (Lipinski definition) is 4. The fourth-order valence-electron chi connectivity index (χ4n) is 0. The summed E-state index contributed by atoms with van der Waals surface area (Å²) in [6.45, 7) is 0. The molecule has 0 saturated carbocycles.